The van der Waals surface area contributed by atoms with E-state index in [1.54, 1.807) is 21.1 Å². The van der Waals surface area contributed by atoms with Crippen LogP contribution in [-0.4, -0.2) is 32.8 Å². The molecule has 0 aliphatic carbocycles. The van der Waals surface area contributed by atoms with E-state index in [1.807, 2.05) is 42.5 Å². The Labute approximate surface area is 174 Å². The Morgan fingerprint density at radius 3 is 2.24 bits per heavy atom. The standard InChI is InChI=1S/C24H33NO4/c1-17(29-20-12-10-19(11-13-20)24(2,3)4)23(26)25-15-7-8-18-9-14-21(27-5)22(16-18)28-6/h9-14,16-17H,7-8,15H2,1-6H3,(H,25,26)/t17-/m1/s1. The molecule has 5 nitrogen and oxygen atoms in total. The van der Waals surface area contributed by atoms with Crippen molar-refractivity contribution in [3.05, 3.63) is 53.6 Å². The number of aryl methyl sites for hydroxylation is 1. The third kappa shape index (κ3) is 6.70. The first-order valence-electron chi connectivity index (χ1n) is 10.0. The van der Waals surface area contributed by atoms with Gasteiger partial charge in [-0.3, -0.25) is 4.79 Å². The minimum Gasteiger partial charge on any atom is -0.493 e. The van der Waals surface area contributed by atoms with Crippen LogP contribution in [-0.2, 0) is 16.6 Å². The molecular weight excluding hydrogens is 366 g/mol. The maximum absolute atomic E-state index is 12.3. The molecule has 0 spiro atoms. The number of ether oxygens (including phenoxy) is 3. The molecule has 0 saturated heterocycles. The van der Waals surface area contributed by atoms with Crippen LogP contribution in [0.15, 0.2) is 42.5 Å². The smallest absolute Gasteiger partial charge is 0.260 e. The van der Waals surface area contributed by atoms with Crippen LogP contribution in [0.3, 0.4) is 0 Å². The number of carbonyl (C=O) groups excluding carboxylic acids is 1. The first-order valence-corrected chi connectivity index (χ1v) is 10.0. The summed E-state index contributed by atoms with van der Waals surface area (Å²) in [6.45, 7) is 8.86. The fourth-order valence-electron chi connectivity index (χ4n) is 2.98. The molecule has 0 radical (unpaired) electrons. The lowest BCUT2D eigenvalue weighted by molar-refractivity contribution is -0.127. The Kier molecular flexibility index (Phi) is 7.94. The highest BCUT2D eigenvalue weighted by Crippen LogP contribution is 2.28. The predicted octanol–water partition coefficient (Wildman–Crippen LogP) is 4.52. The van der Waals surface area contributed by atoms with Crippen LogP contribution in [0.4, 0.5) is 0 Å². The average molecular weight is 400 g/mol. The van der Waals surface area contributed by atoms with Crippen LogP contribution < -0.4 is 19.5 Å². The Morgan fingerprint density at radius 1 is 1.00 bits per heavy atom. The molecule has 0 heterocycles. The van der Waals surface area contributed by atoms with E-state index in [1.165, 1.54) is 5.56 Å². The first kappa shape index (κ1) is 22.6. The van der Waals surface area contributed by atoms with Crippen molar-refractivity contribution in [2.24, 2.45) is 0 Å². The van der Waals surface area contributed by atoms with Gasteiger partial charge >= 0.3 is 0 Å². The van der Waals surface area contributed by atoms with E-state index in [2.05, 4.69) is 26.1 Å². The van der Waals surface area contributed by atoms with Crippen molar-refractivity contribution in [3.8, 4) is 17.2 Å². The molecule has 2 rings (SSSR count). The number of nitrogens with one attached hydrogen (secondary N) is 1. The van der Waals surface area contributed by atoms with Gasteiger partial charge < -0.3 is 19.5 Å². The van der Waals surface area contributed by atoms with Gasteiger partial charge in [0.2, 0.25) is 0 Å². The van der Waals surface area contributed by atoms with Gasteiger partial charge in [0, 0.05) is 6.54 Å². The lowest BCUT2D eigenvalue weighted by atomic mass is 9.87. The van der Waals surface area contributed by atoms with Gasteiger partial charge in [0.15, 0.2) is 17.6 Å². The highest BCUT2D eigenvalue weighted by Gasteiger charge is 2.16. The highest BCUT2D eigenvalue weighted by atomic mass is 16.5. The Bertz CT molecular complexity index is 794. The molecule has 0 bridgehead atoms. The molecule has 0 aromatic heterocycles. The van der Waals surface area contributed by atoms with Crippen LogP contribution in [0.1, 0.15) is 45.2 Å². The van der Waals surface area contributed by atoms with Crippen molar-refractivity contribution in [2.45, 2.75) is 52.1 Å². The summed E-state index contributed by atoms with van der Waals surface area (Å²) in [5.41, 5.74) is 2.47. The van der Waals surface area contributed by atoms with E-state index in [9.17, 15) is 4.79 Å². The lowest BCUT2D eigenvalue weighted by Gasteiger charge is -2.20. The van der Waals surface area contributed by atoms with Crippen LogP contribution in [0.25, 0.3) is 0 Å². The summed E-state index contributed by atoms with van der Waals surface area (Å²) in [7, 11) is 3.25. The summed E-state index contributed by atoms with van der Waals surface area (Å²) < 4.78 is 16.3. The summed E-state index contributed by atoms with van der Waals surface area (Å²) in [5.74, 6) is 2.02. The van der Waals surface area contributed by atoms with Gasteiger partial charge in [-0.2, -0.15) is 0 Å². The van der Waals surface area contributed by atoms with Gasteiger partial charge in [0.1, 0.15) is 5.75 Å². The Morgan fingerprint density at radius 2 is 1.66 bits per heavy atom. The van der Waals surface area contributed by atoms with E-state index in [0.29, 0.717) is 23.8 Å². The van der Waals surface area contributed by atoms with E-state index < -0.39 is 6.10 Å². The molecule has 0 saturated carbocycles. The maximum atomic E-state index is 12.3. The van der Waals surface area contributed by atoms with E-state index in [-0.39, 0.29) is 11.3 Å². The van der Waals surface area contributed by atoms with E-state index >= 15 is 0 Å². The molecule has 1 atom stereocenters. The summed E-state index contributed by atoms with van der Waals surface area (Å²) in [6, 6.07) is 13.8. The lowest BCUT2D eigenvalue weighted by Crippen LogP contribution is -2.36. The van der Waals surface area contributed by atoms with Gasteiger partial charge in [0.25, 0.3) is 5.91 Å². The minimum absolute atomic E-state index is 0.0927. The van der Waals surface area contributed by atoms with Gasteiger partial charge in [-0.25, -0.2) is 0 Å². The normalized spacial score (nSPS) is 12.2. The summed E-state index contributed by atoms with van der Waals surface area (Å²) in [4.78, 5) is 12.3. The third-order valence-electron chi connectivity index (χ3n) is 4.79. The maximum Gasteiger partial charge on any atom is 0.260 e. The fourth-order valence-corrected chi connectivity index (χ4v) is 2.98. The second-order valence-corrected chi connectivity index (χ2v) is 8.12. The highest BCUT2D eigenvalue weighted by molar-refractivity contribution is 5.80. The van der Waals surface area contributed by atoms with Gasteiger partial charge in [-0.15, -0.1) is 0 Å². The number of hydrogen-bond donors (Lipinski definition) is 1. The fraction of sp³-hybridized carbons (Fsp3) is 0.458. The molecule has 0 aliphatic heterocycles. The number of methoxy groups -OCH3 is 2. The molecule has 158 valence electrons. The van der Waals surface area contributed by atoms with Crippen molar-refractivity contribution >= 4 is 5.91 Å². The number of benzene rings is 2. The summed E-state index contributed by atoms with van der Waals surface area (Å²) in [6.07, 6.45) is 1.12. The average Bonchev–Trinajstić information content (AvgIpc) is 2.70. The third-order valence-corrected chi connectivity index (χ3v) is 4.79. The molecule has 0 unspecified atom stereocenters. The number of carbonyl (C=O) groups is 1. The van der Waals surface area contributed by atoms with Gasteiger partial charge in [-0.05, 0) is 60.6 Å². The topological polar surface area (TPSA) is 56.8 Å². The molecular formula is C24H33NO4. The predicted molar refractivity (Wildman–Crippen MR) is 116 cm³/mol. The van der Waals surface area contributed by atoms with Crippen molar-refractivity contribution in [1.29, 1.82) is 0 Å². The number of amides is 1. The molecule has 2 aromatic carbocycles. The van der Waals surface area contributed by atoms with Crippen molar-refractivity contribution in [2.75, 3.05) is 20.8 Å². The SMILES string of the molecule is COc1ccc(CCCNC(=O)[C@@H](C)Oc2ccc(C(C)(C)C)cc2)cc1OC. The molecule has 1 amide bonds. The summed E-state index contributed by atoms with van der Waals surface area (Å²) >= 11 is 0. The quantitative estimate of drug-likeness (QED) is 0.630. The van der Waals surface area contributed by atoms with E-state index in [4.69, 9.17) is 14.2 Å². The zero-order chi connectivity index (χ0) is 21.4. The van der Waals surface area contributed by atoms with Crippen LogP contribution >= 0.6 is 0 Å². The molecule has 2 aromatic rings. The molecule has 29 heavy (non-hydrogen) atoms. The Hall–Kier alpha value is -2.69. The van der Waals surface area contributed by atoms with Crippen LogP contribution in [0.5, 0.6) is 17.2 Å². The first-order chi connectivity index (χ1) is 13.7. The van der Waals surface area contributed by atoms with Crippen molar-refractivity contribution in [3.63, 3.8) is 0 Å². The second kappa shape index (κ2) is 10.2. The van der Waals surface area contributed by atoms with Crippen LogP contribution in [0.2, 0.25) is 0 Å². The number of hydrogen-bond acceptors (Lipinski definition) is 4. The minimum atomic E-state index is -0.545. The van der Waals surface area contributed by atoms with Crippen molar-refractivity contribution in [1.82, 2.24) is 5.32 Å². The molecule has 0 fully saturated rings. The Balaban J connectivity index is 1.77. The van der Waals surface area contributed by atoms with Crippen molar-refractivity contribution < 1.29 is 19.0 Å². The number of rotatable bonds is 9. The van der Waals surface area contributed by atoms with Gasteiger partial charge in [-0.1, -0.05) is 39.0 Å². The van der Waals surface area contributed by atoms with E-state index in [0.717, 1.165) is 18.4 Å². The molecule has 0 aliphatic rings. The zero-order valence-corrected chi connectivity index (χ0v) is 18.4. The molecule has 5 heteroatoms. The summed E-state index contributed by atoms with van der Waals surface area (Å²) in [5, 5.41) is 2.94. The monoisotopic (exact) mass is 399 g/mol. The largest absolute Gasteiger partial charge is 0.493 e. The molecule has 1 N–H and O–H groups in total. The van der Waals surface area contributed by atoms with Crippen LogP contribution in [0, 0.1) is 0 Å². The second-order valence-electron chi connectivity index (χ2n) is 8.12. The van der Waals surface area contributed by atoms with Gasteiger partial charge in [0.05, 0.1) is 14.2 Å². The zero-order valence-electron chi connectivity index (χ0n) is 18.4.